The lowest BCUT2D eigenvalue weighted by molar-refractivity contribution is -0.136. The molecular weight excluding hydrogens is 408 g/mol. The summed E-state index contributed by atoms with van der Waals surface area (Å²) in [4.78, 5) is 41.5. The largest absolute Gasteiger partial charge is 0.377 e. The van der Waals surface area contributed by atoms with Crippen molar-refractivity contribution < 1.29 is 19.1 Å². The Kier molecular flexibility index (Phi) is 6.26. The van der Waals surface area contributed by atoms with Gasteiger partial charge in [0, 0.05) is 44.3 Å². The highest BCUT2D eigenvalue weighted by Crippen LogP contribution is 2.31. The number of benzene rings is 1. The smallest absolute Gasteiger partial charge is 0.255 e. The SMILES string of the molecule is O=C1CCC(N2Cc3cccc(CN(CC4CCCO4)C4CCNCC4)c3C2=O)C(=O)N1. The highest BCUT2D eigenvalue weighted by Gasteiger charge is 2.40. The fourth-order valence-corrected chi connectivity index (χ4v) is 5.60. The van der Waals surface area contributed by atoms with Crippen molar-refractivity contribution in [2.75, 3.05) is 26.2 Å². The Bertz CT molecular complexity index is 892. The molecule has 4 heterocycles. The second kappa shape index (κ2) is 9.29. The van der Waals surface area contributed by atoms with Gasteiger partial charge in [-0.05, 0) is 56.3 Å². The lowest BCUT2D eigenvalue weighted by Gasteiger charge is -2.36. The van der Waals surface area contributed by atoms with Crippen LogP contribution in [0.15, 0.2) is 18.2 Å². The molecule has 3 fully saturated rings. The molecule has 8 nitrogen and oxygen atoms in total. The van der Waals surface area contributed by atoms with Gasteiger partial charge in [0.25, 0.3) is 5.91 Å². The van der Waals surface area contributed by atoms with Crippen LogP contribution in [0.4, 0.5) is 0 Å². The van der Waals surface area contributed by atoms with Gasteiger partial charge < -0.3 is 15.0 Å². The zero-order valence-corrected chi connectivity index (χ0v) is 18.5. The Morgan fingerprint density at radius 3 is 2.69 bits per heavy atom. The third-order valence-electron chi connectivity index (χ3n) is 7.30. The summed E-state index contributed by atoms with van der Waals surface area (Å²) in [5.41, 5.74) is 2.74. The van der Waals surface area contributed by atoms with E-state index in [2.05, 4.69) is 15.5 Å². The molecule has 2 unspecified atom stereocenters. The quantitative estimate of drug-likeness (QED) is 0.646. The van der Waals surface area contributed by atoms with Gasteiger partial charge in [-0.2, -0.15) is 0 Å². The molecule has 0 bridgehead atoms. The van der Waals surface area contributed by atoms with Crippen LogP contribution in [0.5, 0.6) is 0 Å². The van der Waals surface area contributed by atoms with Gasteiger partial charge in [0.2, 0.25) is 11.8 Å². The first-order chi connectivity index (χ1) is 15.6. The number of hydrogen-bond donors (Lipinski definition) is 2. The molecule has 32 heavy (non-hydrogen) atoms. The van der Waals surface area contributed by atoms with E-state index in [1.165, 1.54) is 0 Å². The van der Waals surface area contributed by atoms with Crippen LogP contribution in [0.3, 0.4) is 0 Å². The number of ether oxygens (including phenoxy) is 1. The molecule has 172 valence electrons. The lowest BCUT2D eigenvalue weighted by Crippen LogP contribution is -2.52. The molecule has 0 aromatic heterocycles. The minimum absolute atomic E-state index is 0.0903. The van der Waals surface area contributed by atoms with E-state index in [9.17, 15) is 14.4 Å². The van der Waals surface area contributed by atoms with Crippen molar-refractivity contribution >= 4 is 17.7 Å². The van der Waals surface area contributed by atoms with Crippen LogP contribution in [0.1, 0.15) is 60.0 Å². The zero-order valence-electron chi connectivity index (χ0n) is 18.5. The second-order valence-corrected chi connectivity index (χ2v) is 9.40. The molecule has 3 saturated heterocycles. The Labute approximate surface area is 188 Å². The molecule has 4 aliphatic rings. The van der Waals surface area contributed by atoms with E-state index in [-0.39, 0.29) is 30.2 Å². The third-order valence-corrected chi connectivity index (χ3v) is 7.30. The topological polar surface area (TPSA) is 91.0 Å². The summed E-state index contributed by atoms with van der Waals surface area (Å²) in [5, 5.41) is 5.83. The molecule has 1 aromatic rings. The van der Waals surface area contributed by atoms with Crippen LogP contribution in [-0.2, 0) is 27.4 Å². The van der Waals surface area contributed by atoms with Gasteiger partial charge in [0.1, 0.15) is 6.04 Å². The maximum Gasteiger partial charge on any atom is 0.255 e. The summed E-state index contributed by atoms with van der Waals surface area (Å²) < 4.78 is 5.94. The number of nitrogens with one attached hydrogen (secondary N) is 2. The second-order valence-electron chi connectivity index (χ2n) is 9.40. The molecule has 1 aromatic carbocycles. The van der Waals surface area contributed by atoms with Gasteiger partial charge in [0.15, 0.2) is 0 Å². The predicted octanol–water partition coefficient (Wildman–Crippen LogP) is 1.18. The highest BCUT2D eigenvalue weighted by molar-refractivity contribution is 6.05. The third kappa shape index (κ3) is 4.31. The summed E-state index contributed by atoms with van der Waals surface area (Å²) in [7, 11) is 0. The number of amides is 3. The van der Waals surface area contributed by atoms with E-state index >= 15 is 0 Å². The molecule has 5 rings (SSSR count). The summed E-state index contributed by atoms with van der Waals surface area (Å²) in [6, 6.07) is 5.94. The van der Waals surface area contributed by atoms with Crippen molar-refractivity contribution in [3.8, 4) is 0 Å². The monoisotopic (exact) mass is 440 g/mol. The van der Waals surface area contributed by atoms with Crippen molar-refractivity contribution in [2.45, 2.75) is 69.8 Å². The molecule has 2 N–H and O–H groups in total. The minimum atomic E-state index is -0.576. The molecule has 4 aliphatic heterocycles. The number of nitrogens with zero attached hydrogens (tertiary/aromatic N) is 2. The van der Waals surface area contributed by atoms with E-state index in [0.717, 1.165) is 68.6 Å². The standard InChI is InChI=1S/C24H32N4O4/c29-21-7-6-20(23(30)26-21)28-14-17-4-1-3-16(22(17)24(28)31)13-27(15-19-5-2-12-32-19)18-8-10-25-11-9-18/h1,3-4,18-20,25H,2,5-15H2,(H,26,29,30). The van der Waals surface area contributed by atoms with Gasteiger partial charge in [0.05, 0.1) is 6.10 Å². The van der Waals surface area contributed by atoms with Crippen LogP contribution in [0.2, 0.25) is 0 Å². The van der Waals surface area contributed by atoms with Crippen LogP contribution in [-0.4, -0.2) is 72.0 Å². The van der Waals surface area contributed by atoms with Crippen molar-refractivity contribution in [1.29, 1.82) is 0 Å². The fraction of sp³-hybridized carbons (Fsp3) is 0.625. The summed E-state index contributed by atoms with van der Waals surface area (Å²) in [6.45, 7) is 4.89. The van der Waals surface area contributed by atoms with E-state index in [1.54, 1.807) is 4.90 Å². The first-order valence-corrected chi connectivity index (χ1v) is 11.9. The van der Waals surface area contributed by atoms with Crippen LogP contribution in [0.25, 0.3) is 0 Å². The van der Waals surface area contributed by atoms with Crippen LogP contribution < -0.4 is 10.6 Å². The molecular formula is C24H32N4O4. The number of carbonyl (C=O) groups is 3. The molecule has 2 atom stereocenters. The first kappa shape index (κ1) is 21.6. The number of hydrogen-bond acceptors (Lipinski definition) is 6. The molecule has 0 aliphatic carbocycles. The van der Waals surface area contributed by atoms with Gasteiger partial charge in [-0.1, -0.05) is 18.2 Å². The molecule has 3 amide bonds. The molecule has 0 saturated carbocycles. The van der Waals surface area contributed by atoms with Gasteiger partial charge in [-0.15, -0.1) is 0 Å². The van der Waals surface area contributed by atoms with Gasteiger partial charge in [-0.25, -0.2) is 0 Å². The summed E-state index contributed by atoms with van der Waals surface area (Å²) in [6.07, 6.45) is 5.32. The number of imide groups is 1. The van der Waals surface area contributed by atoms with Crippen LogP contribution in [0, 0.1) is 0 Å². The fourth-order valence-electron chi connectivity index (χ4n) is 5.60. The predicted molar refractivity (Wildman–Crippen MR) is 118 cm³/mol. The number of piperidine rings is 2. The van der Waals surface area contributed by atoms with Gasteiger partial charge in [-0.3, -0.25) is 24.6 Å². The Morgan fingerprint density at radius 1 is 1.09 bits per heavy atom. The van der Waals surface area contributed by atoms with Crippen molar-refractivity contribution in [2.24, 2.45) is 0 Å². The van der Waals surface area contributed by atoms with Crippen molar-refractivity contribution in [3.05, 3.63) is 34.9 Å². The molecule has 0 radical (unpaired) electrons. The van der Waals surface area contributed by atoms with E-state index < -0.39 is 6.04 Å². The van der Waals surface area contributed by atoms with Crippen molar-refractivity contribution in [1.82, 2.24) is 20.4 Å². The maximum absolute atomic E-state index is 13.5. The minimum Gasteiger partial charge on any atom is -0.377 e. The van der Waals surface area contributed by atoms with E-state index in [4.69, 9.17) is 4.74 Å². The summed E-state index contributed by atoms with van der Waals surface area (Å²) >= 11 is 0. The first-order valence-electron chi connectivity index (χ1n) is 11.9. The highest BCUT2D eigenvalue weighted by atomic mass is 16.5. The van der Waals surface area contributed by atoms with E-state index in [1.807, 2.05) is 18.2 Å². The Morgan fingerprint density at radius 2 is 1.94 bits per heavy atom. The number of fused-ring (bicyclic) bond motifs is 1. The maximum atomic E-state index is 13.5. The number of carbonyl (C=O) groups excluding carboxylic acids is 3. The molecule has 0 spiro atoms. The average molecular weight is 441 g/mol. The average Bonchev–Trinajstić information content (AvgIpc) is 3.42. The van der Waals surface area contributed by atoms with Crippen LogP contribution >= 0.6 is 0 Å². The normalized spacial score (nSPS) is 26.7. The van der Waals surface area contributed by atoms with Gasteiger partial charge >= 0.3 is 0 Å². The summed E-state index contributed by atoms with van der Waals surface area (Å²) in [5.74, 6) is -0.714. The number of rotatable bonds is 6. The lowest BCUT2D eigenvalue weighted by atomic mass is 9.99. The van der Waals surface area contributed by atoms with Crippen molar-refractivity contribution in [3.63, 3.8) is 0 Å². The van der Waals surface area contributed by atoms with E-state index in [0.29, 0.717) is 25.6 Å². The molecule has 8 heteroatoms. The zero-order chi connectivity index (χ0) is 22.1. The Balaban J connectivity index is 1.37. The Hall–Kier alpha value is -2.29.